The number of hydrogen-bond acceptors (Lipinski definition) is 3. The highest BCUT2D eigenvalue weighted by Gasteiger charge is 2.54. The Bertz CT molecular complexity index is 273. The van der Waals surface area contributed by atoms with Gasteiger partial charge < -0.3 is 15.2 Å². The zero-order valence-electron chi connectivity index (χ0n) is 8.70. The minimum absolute atomic E-state index is 0.110. The molecule has 0 aliphatic carbocycles. The molecule has 0 aromatic carbocycles. The summed E-state index contributed by atoms with van der Waals surface area (Å²) in [7, 11) is 0. The van der Waals surface area contributed by atoms with Crippen LogP contribution in [-0.2, 0) is 9.53 Å². The van der Waals surface area contributed by atoms with E-state index in [1.165, 1.54) is 0 Å². The maximum Gasteiger partial charge on any atom is 0.343 e. The molecule has 2 aliphatic heterocycles. The first-order chi connectivity index (χ1) is 7.04. The minimum Gasteiger partial charge on any atom is -0.479 e. The third-order valence-electron chi connectivity index (χ3n) is 3.40. The lowest BCUT2D eigenvalue weighted by atomic mass is 9.86. The highest BCUT2D eigenvalue weighted by molar-refractivity contribution is 5.78. The number of rotatable bonds is 2. The molecule has 0 spiro atoms. The van der Waals surface area contributed by atoms with Crippen molar-refractivity contribution in [3.05, 3.63) is 0 Å². The summed E-state index contributed by atoms with van der Waals surface area (Å²) in [5.74, 6) is -1.93. The molecule has 0 aromatic heterocycles. The van der Waals surface area contributed by atoms with E-state index in [1.54, 1.807) is 0 Å². The zero-order valence-corrected chi connectivity index (χ0v) is 8.70. The summed E-state index contributed by atoms with van der Waals surface area (Å²) < 4.78 is 19.7. The molecule has 2 aliphatic rings. The molecule has 0 radical (unpaired) electrons. The average molecular weight is 217 g/mol. The Morgan fingerprint density at radius 1 is 1.60 bits per heavy atom. The molecule has 2 fully saturated rings. The van der Waals surface area contributed by atoms with Crippen LogP contribution in [0.15, 0.2) is 0 Å². The number of carboxylic acid groups (broad SMARTS) is 1. The van der Waals surface area contributed by atoms with Crippen LogP contribution in [0.4, 0.5) is 4.39 Å². The summed E-state index contributed by atoms with van der Waals surface area (Å²) in [4.78, 5) is 10.9. The molecule has 2 N–H and O–H groups in total. The van der Waals surface area contributed by atoms with Crippen LogP contribution in [0.1, 0.15) is 19.8 Å². The number of aliphatic carboxylic acids is 1. The second-order valence-corrected chi connectivity index (χ2v) is 4.47. The fourth-order valence-electron chi connectivity index (χ4n) is 2.49. The Morgan fingerprint density at radius 3 is 2.87 bits per heavy atom. The largest absolute Gasteiger partial charge is 0.479 e. The van der Waals surface area contributed by atoms with E-state index in [0.29, 0.717) is 6.54 Å². The summed E-state index contributed by atoms with van der Waals surface area (Å²) >= 11 is 0. The Labute approximate surface area is 87.8 Å². The van der Waals surface area contributed by atoms with Gasteiger partial charge in [0.25, 0.3) is 0 Å². The van der Waals surface area contributed by atoms with Crippen LogP contribution in [-0.4, -0.2) is 42.0 Å². The van der Waals surface area contributed by atoms with Gasteiger partial charge in [-0.1, -0.05) is 0 Å². The molecule has 4 nitrogen and oxygen atoms in total. The summed E-state index contributed by atoms with van der Waals surface area (Å²) in [5, 5.41) is 11.7. The molecule has 4 atom stereocenters. The highest BCUT2D eigenvalue weighted by Crippen LogP contribution is 2.36. The topological polar surface area (TPSA) is 58.6 Å². The number of hydrogen-bond donors (Lipinski definition) is 2. The SMILES string of the molecule is CC1CCC(C2CNCC2(F)C(=O)O)O1. The van der Waals surface area contributed by atoms with Gasteiger partial charge in [-0.05, 0) is 19.8 Å². The molecule has 0 aromatic rings. The van der Waals surface area contributed by atoms with Crippen molar-refractivity contribution in [3.63, 3.8) is 0 Å². The smallest absolute Gasteiger partial charge is 0.343 e. The number of alkyl halides is 1. The van der Waals surface area contributed by atoms with Crippen molar-refractivity contribution in [2.75, 3.05) is 13.1 Å². The molecule has 2 saturated heterocycles. The van der Waals surface area contributed by atoms with E-state index >= 15 is 0 Å². The Kier molecular flexibility index (Phi) is 2.68. The molecule has 5 heteroatoms. The van der Waals surface area contributed by atoms with Gasteiger partial charge in [0.1, 0.15) is 0 Å². The van der Waals surface area contributed by atoms with E-state index < -0.39 is 17.6 Å². The second-order valence-electron chi connectivity index (χ2n) is 4.47. The third kappa shape index (κ3) is 1.74. The summed E-state index contributed by atoms with van der Waals surface area (Å²) in [6, 6.07) is 0. The van der Waals surface area contributed by atoms with E-state index in [-0.39, 0.29) is 18.8 Å². The van der Waals surface area contributed by atoms with Crippen LogP contribution in [0.5, 0.6) is 0 Å². The van der Waals surface area contributed by atoms with Crippen LogP contribution in [0, 0.1) is 5.92 Å². The molecule has 0 saturated carbocycles. The molecule has 15 heavy (non-hydrogen) atoms. The number of carboxylic acids is 1. The highest BCUT2D eigenvalue weighted by atomic mass is 19.1. The maximum atomic E-state index is 14.1. The van der Waals surface area contributed by atoms with Crippen molar-refractivity contribution < 1.29 is 19.0 Å². The standard InChI is InChI=1S/C10H16FNO3/c1-6-2-3-8(15-6)7-4-12-5-10(7,11)9(13)14/h6-8,12H,2-5H2,1H3,(H,13,14). The van der Waals surface area contributed by atoms with Gasteiger partial charge >= 0.3 is 5.97 Å². The Hall–Kier alpha value is -0.680. The van der Waals surface area contributed by atoms with E-state index in [4.69, 9.17) is 9.84 Å². The quantitative estimate of drug-likeness (QED) is 0.710. The van der Waals surface area contributed by atoms with Crippen LogP contribution >= 0.6 is 0 Å². The molecule has 0 amide bonds. The van der Waals surface area contributed by atoms with Crippen molar-refractivity contribution in [1.82, 2.24) is 5.32 Å². The van der Waals surface area contributed by atoms with Gasteiger partial charge in [0.05, 0.1) is 12.2 Å². The molecule has 2 heterocycles. The van der Waals surface area contributed by atoms with Crippen LogP contribution in [0.25, 0.3) is 0 Å². The van der Waals surface area contributed by atoms with E-state index in [0.717, 1.165) is 12.8 Å². The first-order valence-corrected chi connectivity index (χ1v) is 5.32. The summed E-state index contributed by atoms with van der Waals surface area (Å²) in [5.41, 5.74) is -2.16. The Morgan fingerprint density at radius 2 is 2.33 bits per heavy atom. The van der Waals surface area contributed by atoms with Crippen molar-refractivity contribution in [2.24, 2.45) is 5.92 Å². The first kappa shape index (κ1) is 10.8. The molecular formula is C10H16FNO3. The third-order valence-corrected chi connectivity index (χ3v) is 3.40. The van der Waals surface area contributed by atoms with Crippen molar-refractivity contribution in [2.45, 2.75) is 37.6 Å². The summed E-state index contributed by atoms with van der Waals surface area (Å²) in [6.45, 7) is 2.21. The number of nitrogens with one attached hydrogen (secondary N) is 1. The number of ether oxygens (including phenoxy) is 1. The minimum atomic E-state index is -2.16. The molecular weight excluding hydrogens is 201 g/mol. The monoisotopic (exact) mass is 217 g/mol. The fourth-order valence-corrected chi connectivity index (χ4v) is 2.49. The second kappa shape index (κ2) is 3.72. The van der Waals surface area contributed by atoms with E-state index in [9.17, 15) is 9.18 Å². The average Bonchev–Trinajstić information content (AvgIpc) is 2.72. The predicted molar refractivity (Wildman–Crippen MR) is 51.4 cm³/mol. The fraction of sp³-hybridized carbons (Fsp3) is 0.900. The van der Waals surface area contributed by atoms with Crippen molar-refractivity contribution >= 4 is 5.97 Å². The van der Waals surface area contributed by atoms with Crippen LogP contribution in [0.3, 0.4) is 0 Å². The lowest BCUT2D eigenvalue weighted by molar-refractivity contribution is -0.156. The normalized spacial score (nSPS) is 45.9. The van der Waals surface area contributed by atoms with Gasteiger partial charge in [-0.3, -0.25) is 0 Å². The van der Waals surface area contributed by atoms with Gasteiger partial charge in [-0.15, -0.1) is 0 Å². The van der Waals surface area contributed by atoms with Gasteiger partial charge in [0.2, 0.25) is 5.67 Å². The number of carbonyl (C=O) groups is 1. The maximum absolute atomic E-state index is 14.1. The van der Waals surface area contributed by atoms with Gasteiger partial charge in [0.15, 0.2) is 0 Å². The molecule has 4 unspecified atom stereocenters. The molecule has 0 bridgehead atoms. The number of halogens is 1. The summed E-state index contributed by atoms with van der Waals surface area (Å²) in [6.07, 6.45) is 1.51. The first-order valence-electron chi connectivity index (χ1n) is 5.32. The van der Waals surface area contributed by atoms with Crippen molar-refractivity contribution in [1.29, 1.82) is 0 Å². The molecule has 2 rings (SSSR count). The lowest BCUT2D eigenvalue weighted by Crippen LogP contribution is -2.46. The molecule has 86 valence electrons. The van der Waals surface area contributed by atoms with Gasteiger partial charge in [-0.25, -0.2) is 9.18 Å². The zero-order chi connectivity index (χ0) is 11.1. The lowest BCUT2D eigenvalue weighted by Gasteiger charge is -2.26. The van der Waals surface area contributed by atoms with Crippen LogP contribution in [0.2, 0.25) is 0 Å². The van der Waals surface area contributed by atoms with Crippen molar-refractivity contribution in [3.8, 4) is 0 Å². The predicted octanol–water partition coefficient (Wildman–Crippen LogP) is 0.566. The Balaban J connectivity index is 2.11. The van der Waals surface area contributed by atoms with E-state index in [2.05, 4.69) is 5.32 Å². The van der Waals surface area contributed by atoms with Crippen LogP contribution < -0.4 is 5.32 Å². The van der Waals surface area contributed by atoms with Gasteiger partial charge in [-0.2, -0.15) is 0 Å². The van der Waals surface area contributed by atoms with Gasteiger partial charge in [0, 0.05) is 19.0 Å². The van der Waals surface area contributed by atoms with E-state index in [1.807, 2.05) is 6.92 Å².